The third-order valence-corrected chi connectivity index (χ3v) is 3.42. The Morgan fingerprint density at radius 1 is 1.30 bits per heavy atom. The maximum absolute atomic E-state index is 13.7. The van der Waals surface area contributed by atoms with Crippen molar-refractivity contribution in [2.75, 3.05) is 5.32 Å². The number of nitriles is 1. The molecule has 23 heavy (non-hydrogen) atoms. The lowest BCUT2D eigenvalue weighted by molar-refractivity contribution is 0.610. The van der Waals surface area contributed by atoms with E-state index >= 15 is 0 Å². The predicted octanol–water partition coefficient (Wildman–Crippen LogP) is 3.75. The summed E-state index contributed by atoms with van der Waals surface area (Å²) in [5, 5.41) is 11.8. The Morgan fingerprint density at radius 3 is 2.78 bits per heavy atom. The second-order valence-corrected chi connectivity index (χ2v) is 5.52. The van der Waals surface area contributed by atoms with Gasteiger partial charge in [-0.2, -0.15) is 5.26 Å². The van der Waals surface area contributed by atoms with Crippen molar-refractivity contribution in [3.63, 3.8) is 0 Å². The molecule has 3 N–H and O–H groups in total. The molecule has 0 spiro atoms. The van der Waals surface area contributed by atoms with E-state index in [1.807, 2.05) is 30.3 Å². The van der Waals surface area contributed by atoms with Crippen LogP contribution in [0.25, 0.3) is 0 Å². The molecule has 0 heterocycles. The lowest BCUT2D eigenvalue weighted by Crippen LogP contribution is -2.22. The predicted molar refractivity (Wildman–Crippen MR) is 90.6 cm³/mol. The molecule has 0 aromatic heterocycles. The number of nitrogens with one attached hydrogen (secondary N) is 1. The number of rotatable bonds is 4. The van der Waals surface area contributed by atoms with E-state index in [1.165, 1.54) is 23.8 Å². The average molecular weight is 310 g/mol. The van der Waals surface area contributed by atoms with Gasteiger partial charge >= 0.3 is 0 Å². The summed E-state index contributed by atoms with van der Waals surface area (Å²) in [6.07, 6.45) is 0. The van der Waals surface area contributed by atoms with Gasteiger partial charge in [-0.15, -0.1) is 0 Å². The molecule has 0 saturated carbocycles. The molecule has 2 aromatic rings. The minimum absolute atomic E-state index is 0.0735. The van der Waals surface area contributed by atoms with E-state index < -0.39 is 5.82 Å². The Bertz CT molecular complexity index is 760. The second kappa shape index (κ2) is 7.41. The summed E-state index contributed by atoms with van der Waals surface area (Å²) in [6, 6.07) is 14.0. The van der Waals surface area contributed by atoms with Gasteiger partial charge in [-0.3, -0.25) is 0 Å². The molecule has 0 amide bonds. The first kappa shape index (κ1) is 16.5. The summed E-state index contributed by atoms with van der Waals surface area (Å²) in [4.78, 5) is 4.13. The Labute approximate surface area is 135 Å². The van der Waals surface area contributed by atoms with Crippen LogP contribution in [0.15, 0.2) is 47.5 Å². The first-order chi connectivity index (χ1) is 11.0. The third kappa shape index (κ3) is 4.55. The molecule has 0 unspecified atom stereocenters. The zero-order valence-electron chi connectivity index (χ0n) is 13.2. The summed E-state index contributed by atoms with van der Waals surface area (Å²) in [6.45, 7) is 4.30. The highest BCUT2D eigenvalue weighted by Crippen LogP contribution is 2.18. The molecule has 118 valence electrons. The fraction of sp³-hybridized carbons (Fsp3) is 0.222. The molecule has 0 aliphatic heterocycles. The first-order valence-electron chi connectivity index (χ1n) is 7.35. The van der Waals surface area contributed by atoms with Gasteiger partial charge in [-0.25, -0.2) is 9.38 Å². The van der Waals surface area contributed by atoms with Crippen LogP contribution in [0.2, 0.25) is 0 Å². The highest BCUT2D eigenvalue weighted by molar-refractivity contribution is 5.92. The quantitative estimate of drug-likeness (QED) is 0.667. The maximum atomic E-state index is 13.7. The monoisotopic (exact) mass is 310 g/mol. The van der Waals surface area contributed by atoms with E-state index in [9.17, 15) is 4.39 Å². The zero-order chi connectivity index (χ0) is 16.8. The Balaban J connectivity index is 2.09. The number of hydrogen-bond acceptors (Lipinski definition) is 2. The number of hydrogen-bond donors (Lipinski definition) is 2. The van der Waals surface area contributed by atoms with E-state index in [4.69, 9.17) is 11.0 Å². The summed E-state index contributed by atoms with van der Waals surface area (Å²) in [5.74, 6) is 0.216. The van der Waals surface area contributed by atoms with Gasteiger partial charge in [0.15, 0.2) is 5.96 Å². The highest BCUT2D eigenvalue weighted by Gasteiger charge is 2.04. The van der Waals surface area contributed by atoms with Crippen molar-refractivity contribution in [3.8, 4) is 6.07 Å². The molecule has 0 atom stereocenters. The van der Waals surface area contributed by atoms with Gasteiger partial charge in [0.25, 0.3) is 0 Å². The average Bonchev–Trinajstić information content (AvgIpc) is 2.54. The number of nitrogens with zero attached hydrogens (tertiary/aromatic N) is 2. The van der Waals surface area contributed by atoms with E-state index in [0.29, 0.717) is 17.0 Å². The van der Waals surface area contributed by atoms with E-state index in [-0.39, 0.29) is 12.5 Å². The van der Waals surface area contributed by atoms with Crippen LogP contribution in [0.3, 0.4) is 0 Å². The molecule has 5 heteroatoms. The molecule has 4 nitrogen and oxygen atoms in total. The fourth-order valence-electron chi connectivity index (χ4n) is 2.10. The fourth-order valence-corrected chi connectivity index (χ4v) is 2.10. The highest BCUT2D eigenvalue weighted by atomic mass is 19.1. The van der Waals surface area contributed by atoms with Crippen molar-refractivity contribution in [3.05, 3.63) is 65.0 Å². The Hall–Kier alpha value is -2.87. The largest absolute Gasteiger partial charge is 0.370 e. The summed E-state index contributed by atoms with van der Waals surface area (Å²) in [7, 11) is 0. The minimum Gasteiger partial charge on any atom is -0.370 e. The smallest absolute Gasteiger partial charge is 0.193 e. The van der Waals surface area contributed by atoms with Crippen molar-refractivity contribution in [2.24, 2.45) is 10.7 Å². The van der Waals surface area contributed by atoms with Crippen molar-refractivity contribution in [1.82, 2.24) is 0 Å². The van der Waals surface area contributed by atoms with Crippen molar-refractivity contribution in [2.45, 2.75) is 26.3 Å². The normalized spacial score (nSPS) is 11.3. The number of guanidine groups is 1. The molecule has 0 radical (unpaired) electrons. The summed E-state index contributed by atoms with van der Waals surface area (Å²) in [5.41, 5.74) is 8.61. The maximum Gasteiger partial charge on any atom is 0.193 e. The van der Waals surface area contributed by atoms with Crippen LogP contribution < -0.4 is 11.1 Å². The molecule has 0 aliphatic rings. The van der Waals surface area contributed by atoms with Crippen LogP contribution in [0, 0.1) is 17.1 Å². The number of halogens is 1. The SMILES string of the molecule is CC(C)c1cccc(NC(N)=NCc2cc(C#N)ccc2F)c1. The Kier molecular flexibility index (Phi) is 5.32. The van der Waals surface area contributed by atoms with Gasteiger partial charge in [0.1, 0.15) is 5.82 Å². The van der Waals surface area contributed by atoms with Gasteiger partial charge in [0.2, 0.25) is 0 Å². The number of anilines is 1. The molecule has 2 rings (SSSR count). The van der Waals surface area contributed by atoms with Gasteiger partial charge < -0.3 is 11.1 Å². The third-order valence-electron chi connectivity index (χ3n) is 3.42. The molecule has 0 bridgehead atoms. The number of aliphatic imine (C=N–C) groups is 1. The second-order valence-electron chi connectivity index (χ2n) is 5.52. The molecule has 2 aromatic carbocycles. The van der Waals surface area contributed by atoms with Crippen molar-refractivity contribution < 1.29 is 4.39 Å². The van der Waals surface area contributed by atoms with Gasteiger partial charge in [-0.05, 0) is 41.8 Å². The van der Waals surface area contributed by atoms with Gasteiger partial charge in [0, 0.05) is 11.3 Å². The summed E-state index contributed by atoms with van der Waals surface area (Å²) >= 11 is 0. The lowest BCUT2D eigenvalue weighted by atomic mass is 10.0. The lowest BCUT2D eigenvalue weighted by Gasteiger charge is -2.10. The molecule has 0 aliphatic carbocycles. The number of nitrogens with two attached hydrogens (primary N) is 1. The zero-order valence-corrected chi connectivity index (χ0v) is 13.2. The van der Waals surface area contributed by atoms with E-state index in [0.717, 1.165) is 5.69 Å². The summed E-state index contributed by atoms with van der Waals surface area (Å²) < 4.78 is 13.7. The minimum atomic E-state index is -0.401. The van der Waals surface area contributed by atoms with Crippen molar-refractivity contribution in [1.29, 1.82) is 5.26 Å². The van der Waals surface area contributed by atoms with Crippen LogP contribution in [0.5, 0.6) is 0 Å². The molecule has 0 fully saturated rings. The Morgan fingerprint density at radius 2 is 2.09 bits per heavy atom. The van der Waals surface area contributed by atoms with Crippen LogP contribution in [0.4, 0.5) is 10.1 Å². The number of benzene rings is 2. The first-order valence-corrected chi connectivity index (χ1v) is 7.35. The molecule has 0 saturated heterocycles. The van der Waals surface area contributed by atoms with Gasteiger partial charge in [-0.1, -0.05) is 26.0 Å². The van der Waals surface area contributed by atoms with Crippen LogP contribution >= 0.6 is 0 Å². The standard InChI is InChI=1S/C18H19FN4/c1-12(2)14-4-3-5-16(9-14)23-18(21)22-11-15-8-13(10-20)6-7-17(15)19/h3-9,12H,11H2,1-2H3,(H3,21,22,23). The van der Waals surface area contributed by atoms with Crippen LogP contribution in [-0.2, 0) is 6.54 Å². The van der Waals surface area contributed by atoms with Crippen LogP contribution in [-0.4, -0.2) is 5.96 Å². The topological polar surface area (TPSA) is 74.2 Å². The van der Waals surface area contributed by atoms with E-state index in [1.54, 1.807) is 0 Å². The molecular formula is C18H19FN4. The van der Waals surface area contributed by atoms with Crippen LogP contribution in [0.1, 0.15) is 36.5 Å². The van der Waals surface area contributed by atoms with E-state index in [2.05, 4.69) is 24.2 Å². The van der Waals surface area contributed by atoms with Crippen molar-refractivity contribution >= 4 is 11.6 Å². The molecular weight excluding hydrogens is 291 g/mol. The van der Waals surface area contributed by atoms with Gasteiger partial charge in [0.05, 0.1) is 18.2 Å².